The summed E-state index contributed by atoms with van der Waals surface area (Å²) < 4.78 is 6.87. The van der Waals surface area contributed by atoms with Crippen molar-refractivity contribution in [3.63, 3.8) is 0 Å². The van der Waals surface area contributed by atoms with Gasteiger partial charge in [-0.1, -0.05) is 13.8 Å². The molecular weight excluding hydrogens is 354 g/mol. The molecule has 0 saturated carbocycles. The van der Waals surface area contributed by atoms with Crippen LogP contribution in [0.2, 0.25) is 0 Å². The van der Waals surface area contributed by atoms with Crippen LogP contribution in [0.25, 0.3) is 0 Å². The number of hydrogen-bond donors (Lipinski definition) is 0. The summed E-state index contributed by atoms with van der Waals surface area (Å²) in [6, 6.07) is 1.88. The third kappa shape index (κ3) is 6.17. The Hall–Kier alpha value is -1.66. The molecule has 1 unspecified atom stereocenters. The molecule has 0 spiro atoms. The molecule has 2 rings (SSSR count). The molecule has 28 heavy (non-hydrogen) atoms. The Labute approximate surface area is 169 Å². The number of ether oxygens (including phenoxy) is 1. The van der Waals surface area contributed by atoms with Gasteiger partial charge in [-0.2, -0.15) is 0 Å². The first-order valence-electron chi connectivity index (χ1n) is 10.5. The van der Waals surface area contributed by atoms with Crippen molar-refractivity contribution in [3.8, 4) is 0 Å². The van der Waals surface area contributed by atoms with Gasteiger partial charge in [0.25, 0.3) is 11.5 Å². The highest BCUT2D eigenvalue weighted by Crippen LogP contribution is 2.18. The average molecular weight is 392 g/mol. The summed E-state index contributed by atoms with van der Waals surface area (Å²) in [4.78, 5) is 30.1. The Morgan fingerprint density at radius 1 is 1.36 bits per heavy atom. The first-order chi connectivity index (χ1) is 13.3. The second-order valence-corrected chi connectivity index (χ2v) is 8.54. The maximum atomic E-state index is 13.1. The van der Waals surface area contributed by atoms with Gasteiger partial charge in [-0.3, -0.25) is 9.59 Å². The van der Waals surface area contributed by atoms with Gasteiger partial charge in [0.15, 0.2) is 0 Å². The molecule has 0 aromatic carbocycles. The first-order valence-corrected chi connectivity index (χ1v) is 10.5. The van der Waals surface area contributed by atoms with E-state index in [0.717, 1.165) is 51.1 Å². The highest BCUT2D eigenvalue weighted by molar-refractivity contribution is 5.95. The summed E-state index contributed by atoms with van der Waals surface area (Å²) in [5.74, 6) is 0.796. The van der Waals surface area contributed by atoms with E-state index < -0.39 is 0 Å². The molecule has 0 radical (unpaired) electrons. The Morgan fingerprint density at radius 3 is 2.79 bits per heavy atom. The zero-order valence-corrected chi connectivity index (χ0v) is 18.2. The summed E-state index contributed by atoms with van der Waals surface area (Å²) in [5.41, 5.74) is 0.914. The average Bonchev–Trinajstić information content (AvgIpc) is 2.65. The summed E-state index contributed by atoms with van der Waals surface area (Å²) >= 11 is 0. The number of piperidine rings is 1. The first kappa shape index (κ1) is 22.6. The molecule has 0 N–H and O–H groups in total. The lowest BCUT2D eigenvalue weighted by molar-refractivity contribution is 0.0700. The second kappa shape index (κ2) is 10.8. The zero-order chi connectivity index (χ0) is 20.7. The Kier molecular flexibility index (Phi) is 8.70. The maximum absolute atomic E-state index is 13.1. The molecule has 1 fully saturated rings. The number of rotatable bonds is 9. The van der Waals surface area contributed by atoms with Crippen molar-refractivity contribution in [2.24, 2.45) is 11.8 Å². The second-order valence-electron chi connectivity index (χ2n) is 8.54. The molecule has 1 aromatic heterocycles. The molecule has 6 heteroatoms. The fourth-order valence-electron chi connectivity index (χ4n) is 3.88. The number of likely N-dealkylation sites (tertiary alicyclic amines) is 1. The number of carbonyl (C=O) groups is 1. The van der Waals surface area contributed by atoms with E-state index in [1.54, 1.807) is 16.6 Å². The van der Waals surface area contributed by atoms with Gasteiger partial charge < -0.3 is 19.1 Å². The van der Waals surface area contributed by atoms with Crippen LogP contribution in [0.5, 0.6) is 0 Å². The van der Waals surface area contributed by atoms with Crippen molar-refractivity contribution >= 4 is 5.91 Å². The zero-order valence-electron chi connectivity index (χ0n) is 18.2. The van der Waals surface area contributed by atoms with Crippen LogP contribution in [0.4, 0.5) is 0 Å². The third-order valence-corrected chi connectivity index (χ3v) is 5.63. The number of methoxy groups -OCH3 is 1. The smallest absolute Gasteiger partial charge is 0.263 e. The molecule has 0 bridgehead atoms. The molecule has 1 amide bonds. The molecule has 6 nitrogen and oxygen atoms in total. The van der Waals surface area contributed by atoms with Gasteiger partial charge in [0, 0.05) is 46.5 Å². The van der Waals surface area contributed by atoms with Crippen LogP contribution < -0.4 is 5.56 Å². The highest BCUT2D eigenvalue weighted by Gasteiger charge is 2.25. The predicted octanol–water partition coefficient (Wildman–Crippen LogP) is 2.63. The minimum absolute atomic E-state index is 0.157. The van der Waals surface area contributed by atoms with E-state index in [2.05, 4.69) is 18.7 Å². The van der Waals surface area contributed by atoms with Crippen LogP contribution in [0.1, 0.15) is 49.0 Å². The minimum atomic E-state index is -0.164. The fourth-order valence-corrected chi connectivity index (χ4v) is 3.88. The van der Waals surface area contributed by atoms with Crippen molar-refractivity contribution in [3.05, 3.63) is 33.7 Å². The number of aryl methyl sites for hydroxylation is 2. The van der Waals surface area contributed by atoms with Gasteiger partial charge in [-0.15, -0.1) is 0 Å². The van der Waals surface area contributed by atoms with Crippen LogP contribution in [-0.2, 0) is 11.3 Å². The molecule has 2 heterocycles. The number of aromatic nitrogens is 1. The minimum Gasteiger partial charge on any atom is -0.383 e. The Bertz CT molecular complexity index is 699. The molecule has 1 atom stereocenters. The Balaban J connectivity index is 2.06. The number of pyridine rings is 1. The van der Waals surface area contributed by atoms with E-state index in [9.17, 15) is 9.59 Å². The molecular formula is C22H37N3O3. The number of amides is 1. The monoisotopic (exact) mass is 391 g/mol. The fraction of sp³-hybridized carbons (Fsp3) is 0.727. The van der Waals surface area contributed by atoms with Gasteiger partial charge in [0.1, 0.15) is 5.56 Å². The largest absolute Gasteiger partial charge is 0.383 e. The van der Waals surface area contributed by atoms with Gasteiger partial charge in [-0.25, -0.2) is 0 Å². The maximum Gasteiger partial charge on any atom is 0.263 e. The quantitative estimate of drug-likeness (QED) is 0.649. The third-order valence-electron chi connectivity index (χ3n) is 5.63. The van der Waals surface area contributed by atoms with E-state index >= 15 is 0 Å². The number of nitrogens with zero attached hydrogens (tertiary/aromatic N) is 3. The van der Waals surface area contributed by atoms with Crippen molar-refractivity contribution in [2.45, 2.75) is 46.6 Å². The molecule has 1 aliphatic rings. The molecule has 1 aliphatic heterocycles. The molecule has 0 aliphatic carbocycles. The summed E-state index contributed by atoms with van der Waals surface area (Å²) in [6.07, 6.45) is 4.99. The van der Waals surface area contributed by atoms with Gasteiger partial charge in [0.2, 0.25) is 0 Å². The topological polar surface area (TPSA) is 54.8 Å². The number of hydrogen-bond acceptors (Lipinski definition) is 4. The highest BCUT2D eigenvalue weighted by atomic mass is 16.5. The van der Waals surface area contributed by atoms with Crippen LogP contribution in [0.15, 0.2) is 17.1 Å². The van der Waals surface area contributed by atoms with Crippen molar-refractivity contribution in [1.29, 1.82) is 0 Å². The predicted molar refractivity (Wildman–Crippen MR) is 113 cm³/mol. The van der Waals surface area contributed by atoms with Crippen LogP contribution >= 0.6 is 0 Å². The van der Waals surface area contributed by atoms with Crippen molar-refractivity contribution in [1.82, 2.24) is 14.4 Å². The van der Waals surface area contributed by atoms with Crippen LogP contribution in [-0.4, -0.2) is 67.2 Å². The molecule has 1 aromatic rings. The molecule has 158 valence electrons. The van der Waals surface area contributed by atoms with Gasteiger partial charge in [-0.05, 0) is 56.2 Å². The van der Waals surface area contributed by atoms with Crippen molar-refractivity contribution in [2.75, 3.05) is 46.9 Å². The lowest BCUT2D eigenvalue weighted by atomic mass is 9.97. The summed E-state index contributed by atoms with van der Waals surface area (Å²) in [7, 11) is 3.55. The Morgan fingerprint density at radius 2 is 2.11 bits per heavy atom. The van der Waals surface area contributed by atoms with E-state index in [-0.39, 0.29) is 11.5 Å². The normalized spacial score (nSPS) is 17.9. The summed E-state index contributed by atoms with van der Waals surface area (Å²) in [5, 5.41) is 0. The van der Waals surface area contributed by atoms with E-state index in [1.807, 2.05) is 26.2 Å². The molecule has 1 saturated heterocycles. The SMILES string of the molecule is COCCN1CCCC(CN(C)C(=O)c2c(C)ccn(CCC(C)C)c2=O)C1. The van der Waals surface area contributed by atoms with E-state index in [0.29, 0.717) is 30.5 Å². The summed E-state index contributed by atoms with van der Waals surface area (Å²) in [6.45, 7) is 11.2. The van der Waals surface area contributed by atoms with Gasteiger partial charge >= 0.3 is 0 Å². The van der Waals surface area contributed by atoms with E-state index in [4.69, 9.17) is 4.74 Å². The standard InChI is InChI=1S/C22H37N3O3/c1-17(2)8-11-25-12-9-18(3)20(22(25)27)21(26)23(4)15-19-7-6-10-24(16-19)13-14-28-5/h9,12,17,19H,6-8,10-11,13-16H2,1-5H3. The number of carbonyl (C=O) groups excluding carboxylic acids is 1. The van der Waals surface area contributed by atoms with E-state index in [1.165, 1.54) is 0 Å². The lowest BCUT2D eigenvalue weighted by Gasteiger charge is -2.34. The lowest BCUT2D eigenvalue weighted by Crippen LogP contribution is -2.43. The van der Waals surface area contributed by atoms with Gasteiger partial charge in [0.05, 0.1) is 6.61 Å². The van der Waals surface area contributed by atoms with Crippen LogP contribution in [0.3, 0.4) is 0 Å². The van der Waals surface area contributed by atoms with Crippen molar-refractivity contribution < 1.29 is 9.53 Å². The van der Waals surface area contributed by atoms with Crippen LogP contribution in [0, 0.1) is 18.8 Å².